The van der Waals surface area contributed by atoms with E-state index in [1.807, 2.05) is 51.1 Å². The molecule has 174 valence electrons. The van der Waals surface area contributed by atoms with Crippen LogP contribution >= 0.6 is 0 Å². The number of hydrogen-bond donors (Lipinski definition) is 2. The summed E-state index contributed by atoms with van der Waals surface area (Å²) >= 11 is 0. The van der Waals surface area contributed by atoms with Crippen molar-refractivity contribution in [2.45, 2.75) is 40.2 Å². The summed E-state index contributed by atoms with van der Waals surface area (Å²) in [6.45, 7) is 6.48. The van der Waals surface area contributed by atoms with Gasteiger partial charge in [0, 0.05) is 18.7 Å². The van der Waals surface area contributed by atoms with Gasteiger partial charge in [0.15, 0.2) is 5.69 Å². The van der Waals surface area contributed by atoms with Crippen LogP contribution in [0.3, 0.4) is 0 Å². The highest BCUT2D eigenvalue weighted by Crippen LogP contribution is 2.25. The number of carbonyl (C=O) groups is 1. The molecule has 33 heavy (non-hydrogen) atoms. The van der Waals surface area contributed by atoms with Crippen molar-refractivity contribution in [3.05, 3.63) is 81.0 Å². The molecule has 3 rings (SSSR count). The summed E-state index contributed by atoms with van der Waals surface area (Å²) in [4.78, 5) is 42.4. The van der Waals surface area contributed by atoms with E-state index in [-0.39, 0.29) is 24.0 Å². The van der Waals surface area contributed by atoms with Gasteiger partial charge in [-0.15, -0.1) is 0 Å². The Morgan fingerprint density at radius 2 is 1.79 bits per heavy atom. The lowest BCUT2D eigenvalue weighted by molar-refractivity contribution is 0.0983. The molecule has 0 unspecified atom stereocenters. The monoisotopic (exact) mass is 450 g/mol. The van der Waals surface area contributed by atoms with Crippen LogP contribution in [0.1, 0.15) is 44.0 Å². The fraction of sp³-hybridized carbons (Fsp3) is 0.320. The van der Waals surface area contributed by atoms with E-state index >= 15 is 0 Å². The zero-order chi connectivity index (χ0) is 24.0. The summed E-state index contributed by atoms with van der Waals surface area (Å²) in [6.07, 6.45) is 1.57. The lowest BCUT2D eigenvalue weighted by atomic mass is 10.1. The molecule has 0 radical (unpaired) electrons. The maximum Gasteiger partial charge on any atom is 0.330 e. The van der Waals surface area contributed by atoms with Crippen molar-refractivity contribution >= 4 is 17.4 Å². The first-order chi connectivity index (χ1) is 15.8. The highest BCUT2D eigenvalue weighted by atomic mass is 16.5. The average Bonchev–Trinajstić information content (AvgIpc) is 2.78. The molecule has 2 aromatic carbocycles. The van der Waals surface area contributed by atoms with Gasteiger partial charge in [-0.25, -0.2) is 4.79 Å². The normalized spacial score (nSPS) is 10.9. The van der Waals surface area contributed by atoms with Gasteiger partial charge in [0.2, 0.25) is 0 Å². The summed E-state index contributed by atoms with van der Waals surface area (Å²) in [5, 5.41) is 0. The number of unbranched alkanes of at least 4 members (excludes halogenated alkanes) is 1. The Morgan fingerprint density at radius 1 is 1.09 bits per heavy atom. The number of benzene rings is 2. The fourth-order valence-electron chi connectivity index (χ4n) is 3.49. The van der Waals surface area contributed by atoms with E-state index in [2.05, 4.69) is 4.98 Å². The third kappa shape index (κ3) is 5.71. The number of aromatic amines is 1. The van der Waals surface area contributed by atoms with Crippen LogP contribution in [-0.2, 0) is 6.54 Å². The molecular weight excluding hydrogens is 420 g/mol. The molecule has 8 heteroatoms. The van der Waals surface area contributed by atoms with Crippen molar-refractivity contribution in [3.63, 3.8) is 0 Å². The number of amides is 1. The van der Waals surface area contributed by atoms with Gasteiger partial charge in [-0.2, -0.15) is 0 Å². The molecule has 0 aliphatic rings. The molecule has 0 atom stereocenters. The van der Waals surface area contributed by atoms with Crippen LogP contribution in [0.25, 0.3) is 0 Å². The van der Waals surface area contributed by atoms with Gasteiger partial charge in [0.25, 0.3) is 11.5 Å². The van der Waals surface area contributed by atoms with Crippen molar-refractivity contribution in [2.75, 3.05) is 17.2 Å². The number of anilines is 2. The molecule has 0 bridgehead atoms. The largest absolute Gasteiger partial charge is 0.457 e. The number of nitrogen functional groups attached to an aromatic ring is 1. The van der Waals surface area contributed by atoms with Gasteiger partial charge in [-0.1, -0.05) is 51.5 Å². The third-order valence-electron chi connectivity index (χ3n) is 5.07. The Hall–Kier alpha value is -3.81. The molecule has 0 aliphatic carbocycles. The molecule has 3 aromatic rings. The molecule has 0 fully saturated rings. The number of para-hydroxylation sites is 1. The lowest BCUT2D eigenvalue weighted by Crippen LogP contribution is -2.42. The van der Waals surface area contributed by atoms with Gasteiger partial charge >= 0.3 is 5.69 Å². The van der Waals surface area contributed by atoms with Crippen LogP contribution in [0.5, 0.6) is 11.5 Å². The molecule has 1 heterocycles. The van der Waals surface area contributed by atoms with Crippen LogP contribution in [0.4, 0.5) is 11.5 Å². The molecule has 1 amide bonds. The summed E-state index contributed by atoms with van der Waals surface area (Å²) in [5.74, 6) is 0.770. The van der Waals surface area contributed by atoms with E-state index in [1.165, 1.54) is 9.47 Å². The van der Waals surface area contributed by atoms with Crippen molar-refractivity contribution in [1.29, 1.82) is 0 Å². The van der Waals surface area contributed by atoms with Gasteiger partial charge < -0.3 is 15.4 Å². The van der Waals surface area contributed by atoms with E-state index in [0.29, 0.717) is 30.0 Å². The smallest absolute Gasteiger partial charge is 0.330 e. The first-order valence-corrected chi connectivity index (χ1v) is 11.1. The molecule has 1 aromatic heterocycles. The van der Waals surface area contributed by atoms with Crippen LogP contribution in [-0.4, -0.2) is 22.0 Å². The number of aromatic nitrogens is 2. The Kier molecular flexibility index (Phi) is 7.71. The Bertz CT molecular complexity index is 1220. The molecule has 0 saturated carbocycles. The van der Waals surface area contributed by atoms with Crippen LogP contribution in [0.2, 0.25) is 0 Å². The van der Waals surface area contributed by atoms with Crippen molar-refractivity contribution in [2.24, 2.45) is 5.92 Å². The molecule has 3 N–H and O–H groups in total. The van der Waals surface area contributed by atoms with Crippen molar-refractivity contribution in [1.82, 2.24) is 9.55 Å². The maximum absolute atomic E-state index is 13.6. The quantitative estimate of drug-likeness (QED) is 0.512. The summed E-state index contributed by atoms with van der Waals surface area (Å²) < 4.78 is 7.17. The predicted octanol–water partition coefficient (Wildman–Crippen LogP) is 4.01. The first kappa shape index (κ1) is 23.8. The predicted molar refractivity (Wildman–Crippen MR) is 130 cm³/mol. The van der Waals surface area contributed by atoms with Gasteiger partial charge in [-0.05, 0) is 42.7 Å². The second-order valence-corrected chi connectivity index (χ2v) is 8.25. The highest BCUT2D eigenvalue weighted by molar-refractivity contribution is 6.07. The number of rotatable bonds is 9. The zero-order valence-corrected chi connectivity index (χ0v) is 19.2. The van der Waals surface area contributed by atoms with Crippen LogP contribution < -0.4 is 26.6 Å². The van der Waals surface area contributed by atoms with E-state index in [4.69, 9.17) is 10.5 Å². The van der Waals surface area contributed by atoms with E-state index in [1.54, 1.807) is 24.3 Å². The number of ether oxygens (including phenoxy) is 1. The van der Waals surface area contributed by atoms with Gasteiger partial charge in [0.05, 0.1) is 0 Å². The molecule has 0 aliphatic heterocycles. The summed E-state index contributed by atoms with van der Waals surface area (Å²) in [5.41, 5.74) is 5.34. The topological polar surface area (TPSA) is 110 Å². The third-order valence-corrected chi connectivity index (χ3v) is 5.07. The van der Waals surface area contributed by atoms with E-state index in [0.717, 1.165) is 6.42 Å². The number of nitrogens with one attached hydrogen (secondary N) is 1. The maximum atomic E-state index is 13.6. The Balaban J connectivity index is 2.02. The van der Waals surface area contributed by atoms with Crippen LogP contribution in [0, 0.1) is 5.92 Å². The zero-order valence-electron chi connectivity index (χ0n) is 19.2. The minimum Gasteiger partial charge on any atom is -0.457 e. The summed E-state index contributed by atoms with van der Waals surface area (Å²) in [7, 11) is 0. The fourth-order valence-corrected chi connectivity index (χ4v) is 3.49. The number of carbonyl (C=O) groups excluding carboxylic acids is 1. The van der Waals surface area contributed by atoms with Gasteiger partial charge in [-0.3, -0.25) is 19.1 Å². The van der Waals surface area contributed by atoms with Crippen molar-refractivity contribution in [3.8, 4) is 11.5 Å². The van der Waals surface area contributed by atoms with E-state index < -0.39 is 17.2 Å². The van der Waals surface area contributed by atoms with Crippen molar-refractivity contribution < 1.29 is 9.53 Å². The Labute approximate surface area is 192 Å². The molecular formula is C25H30N4O4. The van der Waals surface area contributed by atoms with Crippen LogP contribution in [0.15, 0.2) is 64.2 Å². The lowest BCUT2D eigenvalue weighted by Gasteiger charge is -2.26. The molecule has 0 spiro atoms. The minimum absolute atomic E-state index is 0.0112. The molecule has 0 saturated heterocycles. The van der Waals surface area contributed by atoms with E-state index in [9.17, 15) is 14.4 Å². The highest BCUT2D eigenvalue weighted by Gasteiger charge is 2.26. The average molecular weight is 451 g/mol. The first-order valence-electron chi connectivity index (χ1n) is 11.1. The number of hydrogen-bond acceptors (Lipinski definition) is 5. The standard InChI is InChI=1S/C25H30N4O4/c1-4-5-14-28-22(26)21(23(30)27-25(28)32)29(16-17(2)3)24(31)18-10-9-13-20(15-18)33-19-11-7-6-8-12-19/h6-13,15,17H,4-5,14,16,26H2,1-3H3,(H,27,30,32). The number of nitrogens with two attached hydrogens (primary N) is 1. The SMILES string of the molecule is CCCCn1c(N)c(N(CC(C)C)C(=O)c2cccc(Oc3ccccc3)c2)c(=O)[nH]c1=O. The number of nitrogens with zero attached hydrogens (tertiary/aromatic N) is 2. The minimum atomic E-state index is -0.684. The summed E-state index contributed by atoms with van der Waals surface area (Å²) in [6, 6.07) is 16.0. The number of H-pyrrole nitrogens is 1. The second kappa shape index (κ2) is 10.7. The van der Waals surface area contributed by atoms with Gasteiger partial charge in [0.1, 0.15) is 17.3 Å². The Morgan fingerprint density at radius 3 is 2.45 bits per heavy atom. The second-order valence-electron chi connectivity index (χ2n) is 8.25. The molecule has 8 nitrogen and oxygen atoms in total.